The third-order valence-corrected chi connectivity index (χ3v) is 3.58. The smallest absolute Gasteiger partial charge is 0.270 e. The van der Waals surface area contributed by atoms with Crippen molar-refractivity contribution in [3.63, 3.8) is 0 Å². The monoisotopic (exact) mass is 334 g/mol. The third kappa shape index (κ3) is 4.32. The number of hydrogen-bond acceptors (Lipinski definition) is 5. The van der Waals surface area contributed by atoms with Gasteiger partial charge in [0.15, 0.2) is 0 Å². The Labute approximate surface area is 145 Å². The van der Waals surface area contributed by atoms with Crippen molar-refractivity contribution in [2.75, 3.05) is 12.4 Å². The number of methoxy groups -OCH3 is 1. The second kappa shape index (κ2) is 7.92. The number of amides is 1. The first-order valence-corrected chi connectivity index (χ1v) is 7.79. The number of benzene rings is 1. The maximum Gasteiger partial charge on any atom is 0.270 e. The van der Waals surface area contributed by atoms with Crippen LogP contribution in [0.1, 0.15) is 16.1 Å². The van der Waals surface area contributed by atoms with Crippen LogP contribution < -0.4 is 15.4 Å². The Hall–Kier alpha value is -3.41. The van der Waals surface area contributed by atoms with Crippen molar-refractivity contribution in [1.82, 2.24) is 15.3 Å². The number of aromatic nitrogens is 2. The topological polar surface area (TPSA) is 76.1 Å². The largest absolute Gasteiger partial charge is 0.495 e. The van der Waals surface area contributed by atoms with E-state index in [0.717, 1.165) is 22.7 Å². The second-order valence-corrected chi connectivity index (χ2v) is 5.29. The molecule has 2 aromatic heterocycles. The number of nitrogens with one attached hydrogen (secondary N) is 2. The molecule has 1 aromatic carbocycles. The Balaban J connectivity index is 1.69. The maximum absolute atomic E-state index is 12.3. The number of pyridine rings is 2. The summed E-state index contributed by atoms with van der Waals surface area (Å²) >= 11 is 0. The molecule has 0 fully saturated rings. The summed E-state index contributed by atoms with van der Waals surface area (Å²) in [6.45, 7) is 0.424. The van der Waals surface area contributed by atoms with Gasteiger partial charge < -0.3 is 15.4 Å². The minimum atomic E-state index is -0.236. The molecule has 1 amide bonds. The van der Waals surface area contributed by atoms with Crippen LogP contribution in [-0.2, 0) is 6.54 Å². The van der Waals surface area contributed by atoms with Crippen LogP contribution in [0.5, 0.6) is 5.75 Å². The predicted octanol–water partition coefficient (Wildman–Crippen LogP) is 3.16. The lowest BCUT2D eigenvalue weighted by atomic mass is 10.2. The molecule has 25 heavy (non-hydrogen) atoms. The van der Waals surface area contributed by atoms with Crippen LogP contribution >= 0.6 is 0 Å². The minimum Gasteiger partial charge on any atom is -0.495 e. The maximum atomic E-state index is 12.3. The highest BCUT2D eigenvalue weighted by Gasteiger charge is 2.09. The summed E-state index contributed by atoms with van der Waals surface area (Å²) in [5.41, 5.74) is 2.90. The molecular weight excluding hydrogens is 316 g/mol. The lowest BCUT2D eigenvalue weighted by Crippen LogP contribution is -2.23. The number of ether oxygens (including phenoxy) is 1. The average Bonchev–Trinajstić information content (AvgIpc) is 2.67. The number of nitrogens with zero attached hydrogens (tertiary/aromatic N) is 2. The fourth-order valence-electron chi connectivity index (χ4n) is 2.31. The van der Waals surface area contributed by atoms with Crippen LogP contribution in [0.15, 0.2) is 67.1 Å². The van der Waals surface area contributed by atoms with E-state index in [4.69, 9.17) is 4.74 Å². The number of rotatable bonds is 6. The summed E-state index contributed by atoms with van der Waals surface area (Å²) in [5.74, 6) is 0.489. The quantitative estimate of drug-likeness (QED) is 0.724. The highest BCUT2D eigenvalue weighted by Crippen LogP contribution is 2.26. The summed E-state index contributed by atoms with van der Waals surface area (Å²) in [4.78, 5) is 20.4. The van der Waals surface area contributed by atoms with Gasteiger partial charge >= 0.3 is 0 Å². The highest BCUT2D eigenvalue weighted by atomic mass is 16.5. The normalized spacial score (nSPS) is 10.1. The van der Waals surface area contributed by atoms with Gasteiger partial charge in [0.05, 0.1) is 12.8 Å². The minimum absolute atomic E-state index is 0.236. The van der Waals surface area contributed by atoms with E-state index in [1.165, 1.54) is 0 Å². The van der Waals surface area contributed by atoms with Gasteiger partial charge in [-0.25, -0.2) is 0 Å². The van der Waals surface area contributed by atoms with Crippen molar-refractivity contribution in [1.29, 1.82) is 0 Å². The van der Waals surface area contributed by atoms with Gasteiger partial charge in [-0.15, -0.1) is 0 Å². The van der Waals surface area contributed by atoms with Crippen molar-refractivity contribution in [3.8, 4) is 5.75 Å². The fourth-order valence-corrected chi connectivity index (χ4v) is 2.31. The molecule has 0 atom stereocenters. The molecule has 0 aliphatic rings. The fraction of sp³-hybridized carbons (Fsp3) is 0.105. The molecule has 6 heteroatoms. The van der Waals surface area contributed by atoms with Crippen molar-refractivity contribution >= 4 is 17.3 Å². The molecular formula is C19H18N4O2. The van der Waals surface area contributed by atoms with Gasteiger partial charge in [0.1, 0.15) is 11.4 Å². The number of carbonyl (C=O) groups excluding carboxylic acids is 1. The number of para-hydroxylation sites is 2. The standard InChI is InChI=1S/C19H18N4O2/c1-25-18-5-3-2-4-16(18)23-15-8-11-21-17(12-15)19(24)22-13-14-6-9-20-10-7-14/h2-12H,13H2,1H3,(H,21,23)(H,22,24). The molecule has 0 spiro atoms. The van der Waals surface area contributed by atoms with E-state index < -0.39 is 0 Å². The number of anilines is 2. The van der Waals surface area contributed by atoms with Crippen molar-refractivity contribution < 1.29 is 9.53 Å². The molecule has 6 nitrogen and oxygen atoms in total. The molecule has 3 rings (SSSR count). The van der Waals surface area contributed by atoms with Crippen LogP contribution in [0.25, 0.3) is 0 Å². The Morgan fingerprint density at radius 3 is 2.68 bits per heavy atom. The zero-order valence-electron chi connectivity index (χ0n) is 13.8. The molecule has 0 aliphatic heterocycles. The molecule has 2 heterocycles. The van der Waals surface area contributed by atoms with E-state index in [1.807, 2.05) is 36.4 Å². The summed E-state index contributed by atoms with van der Waals surface area (Å²) in [5, 5.41) is 6.09. The van der Waals surface area contributed by atoms with Crippen molar-refractivity contribution in [2.24, 2.45) is 0 Å². The van der Waals surface area contributed by atoms with Gasteiger partial charge in [0.2, 0.25) is 0 Å². The first-order valence-electron chi connectivity index (χ1n) is 7.79. The van der Waals surface area contributed by atoms with Crippen LogP contribution in [0, 0.1) is 0 Å². The highest BCUT2D eigenvalue weighted by molar-refractivity contribution is 5.93. The van der Waals surface area contributed by atoms with E-state index in [2.05, 4.69) is 20.6 Å². The second-order valence-electron chi connectivity index (χ2n) is 5.29. The Morgan fingerprint density at radius 2 is 1.88 bits per heavy atom. The van der Waals surface area contributed by atoms with Crippen molar-refractivity contribution in [3.05, 3.63) is 78.4 Å². The zero-order valence-corrected chi connectivity index (χ0v) is 13.8. The summed E-state index contributed by atoms with van der Waals surface area (Å²) in [7, 11) is 1.62. The van der Waals surface area contributed by atoms with Gasteiger partial charge in [0, 0.05) is 30.8 Å². The number of hydrogen-bond donors (Lipinski definition) is 2. The molecule has 126 valence electrons. The molecule has 2 N–H and O–H groups in total. The lowest BCUT2D eigenvalue weighted by molar-refractivity contribution is 0.0946. The van der Waals surface area contributed by atoms with Gasteiger partial charge in [0.25, 0.3) is 5.91 Å². The molecule has 0 saturated carbocycles. The van der Waals surface area contributed by atoms with Gasteiger partial charge in [-0.05, 0) is 42.0 Å². The summed E-state index contributed by atoms with van der Waals surface area (Å²) in [6.07, 6.45) is 4.98. The molecule has 0 aliphatic carbocycles. The van der Waals surface area contributed by atoms with Crippen molar-refractivity contribution in [2.45, 2.75) is 6.54 Å². The Bertz CT molecular complexity index is 853. The van der Waals surface area contributed by atoms with E-state index in [-0.39, 0.29) is 5.91 Å². The molecule has 0 unspecified atom stereocenters. The summed E-state index contributed by atoms with van der Waals surface area (Å²) in [6, 6.07) is 14.8. The number of carbonyl (C=O) groups is 1. The average molecular weight is 334 g/mol. The zero-order chi connectivity index (χ0) is 17.5. The van der Waals surface area contributed by atoms with Crippen LogP contribution in [-0.4, -0.2) is 23.0 Å². The summed E-state index contributed by atoms with van der Waals surface area (Å²) < 4.78 is 5.32. The Morgan fingerprint density at radius 1 is 1.08 bits per heavy atom. The molecule has 3 aromatic rings. The third-order valence-electron chi connectivity index (χ3n) is 3.58. The van der Waals surface area contributed by atoms with Crippen LogP contribution in [0.3, 0.4) is 0 Å². The molecule has 0 bridgehead atoms. The first kappa shape index (κ1) is 16.4. The SMILES string of the molecule is COc1ccccc1Nc1ccnc(C(=O)NCc2ccncc2)c1. The van der Waals surface area contributed by atoms with E-state index in [0.29, 0.717) is 12.2 Å². The lowest BCUT2D eigenvalue weighted by Gasteiger charge is -2.11. The Kier molecular flexibility index (Phi) is 5.21. The van der Waals surface area contributed by atoms with Gasteiger partial charge in [-0.1, -0.05) is 12.1 Å². The van der Waals surface area contributed by atoms with E-state index in [1.54, 1.807) is 37.8 Å². The molecule has 0 saturated heterocycles. The molecule has 0 radical (unpaired) electrons. The first-order chi connectivity index (χ1) is 12.3. The predicted molar refractivity (Wildman–Crippen MR) is 95.9 cm³/mol. The van der Waals surface area contributed by atoms with Gasteiger partial charge in [-0.3, -0.25) is 14.8 Å². The van der Waals surface area contributed by atoms with Gasteiger partial charge in [-0.2, -0.15) is 0 Å². The van der Waals surface area contributed by atoms with Crippen LogP contribution in [0.2, 0.25) is 0 Å². The van der Waals surface area contributed by atoms with E-state index >= 15 is 0 Å². The van der Waals surface area contributed by atoms with E-state index in [9.17, 15) is 4.79 Å². The van der Waals surface area contributed by atoms with Crippen LogP contribution in [0.4, 0.5) is 11.4 Å².